The minimum absolute atomic E-state index is 0.117. The normalized spacial score (nSPS) is 24.6. The highest BCUT2D eigenvalue weighted by molar-refractivity contribution is 8.76. The average molecular weight is 637 g/mol. The predicted molar refractivity (Wildman–Crippen MR) is 163 cm³/mol. The number of hydroxylamine groups is 2. The molecule has 15 heteroatoms. The fourth-order valence-electron chi connectivity index (χ4n) is 5.29. The number of hydrazine groups is 1. The molecular weight excluding hydrogens is 599 g/mol. The van der Waals surface area contributed by atoms with Crippen LogP contribution in [0.2, 0.25) is 0 Å². The SMILES string of the molecule is CC1(C)C=C(C(=O)N[C@@H](CSSc2ccccn2)C(=O)NNC(=O)CCCC[C@@H]2SC[C@@H]3NC(=O)N[C@@H]32)C(C)(C)N1[O]. The number of hydrogen-bond acceptors (Lipinski definition) is 9. The molecule has 229 valence electrons. The Kier molecular flexibility index (Phi) is 10.7. The highest BCUT2D eigenvalue weighted by Crippen LogP contribution is 2.39. The van der Waals surface area contributed by atoms with E-state index in [0.29, 0.717) is 11.7 Å². The van der Waals surface area contributed by atoms with Crippen LogP contribution in [-0.4, -0.2) is 79.8 Å². The van der Waals surface area contributed by atoms with Gasteiger partial charge in [-0.05, 0) is 63.5 Å². The van der Waals surface area contributed by atoms with E-state index in [4.69, 9.17) is 0 Å². The van der Waals surface area contributed by atoms with E-state index in [-0.39, 0.29) is 41.8 Å². The van der Waals surface area contributed by atoms with E-state index in [1.54, 1.807) is 46.0 Å². The number of urea groups is 1. The predicted octanol–water partition coefficient (Wildman–Crippen LogP) is 2.32. The number of thioether (sulfide) groups is 1. The number of nitrogens with one attached hydrogen (secondary N) is 5. The second-order valence-corrected chi connectivity index (χ2v) is 15.2. The van der Waals surface area contributed by atoms with Gasteiger partial charge in [0.15, 0.2) is 0 Å². The Morgan fingerprint density at radius 3 is 2.64 bits per heavy atom. The number of aromatic nitrogens is 1. The minimum Gasteiger partial charge on any atom is -0.340 e. The van der Waals surface area contributed by atoms with Crippen molar-refractivity contribution in [2.24, 2.45) is 0 Å². The summed E-state index contributed by atoms with van der Waals surface area (Å²) >= 11 is 1.83. The van der Waals surface area contributed by atoms with Gasteiger partial charge in [-0.3, -0.25) is 25.2 Å². The fourth-order valence-corrected chi connectivity index (χ4v) is 8.91. The molecule has 4 heterocycles. The molecule has 5 amide bonds. The lowest BCUT2D eigenvalue weighted by Gasteiger charge is -2.33. The van der Waals surface area contributed by atoms with E-state index < -0.39 is 28.9 Å². The first-order chi connectivity index (χ1) is 19.9. The first-order valence-electron chi connectivity index (χ1n) is 13.9. The van der Waals surface area contributed by atoms with Crippen molar-refractivity contribution in [3.05, 3.63) is 36.0 Å². The summed E-state index contributed by atoms with van der Waals surface area (Å²) in [5.74, 6) is -0.335. The Morgan fingerprint density at radius 1 is 1.17 bits per heavy atom. The number of hydrogen-bond donors (Lipinski definition) is 5. The van der Waals surface area contributed by atoms with Gasteiger partial charge in [0.1, 0.15) is 11.1 Å². The summed E-state index contributed by atoms with van der Waals surface area (Å²) in [4.78, 5) is 54.7. The van der Waals surface area contributed by atoms with Gasteiger partial charge < -0.3 is 16.0 Å². The molecule has 0 unspecified atom stereocenters. The van der Waals surface area contributed by atoms with Crippen molar-refractivity contribution in [1.29, 1.82) is 0 Å². The van der Waals surface area contributed by atoms with Crippen molar-refractivity contribution in [2.75, 3.05) is 11.5 Å². The number of rotatable bonds is 12. The van der Waals surface area contributed by atoms with Crippen LogP contribution in [0.5, 0.6) is 0 Å². The van der Waals surface area contributed by atoms with Crippen molar-refractivity contribution in [2.45, 2.75) is 92.9 Å². The lowest BCUT2D eigenvalue weighted by molar-refractivity contribution is -0.238. The molecule has 3 aliphatic rings. The smallest absolute Gasteiger partial charge is 0.315 e. The number of pyridine rings is 1. The standard InChI is InChI=1S/C27H38N7O5S3/c1-26(2)13-16(27(3,4)34(26)39)23(36)29-18(15-41-42-21-11-7-8-12-28-21)24(37)33-32-20(35)10-6-5-9-19-22-17(14-40-19)30-25(38)31-22/h7-8,11-13,17-19,22H,5-6,9-10,14-15H2,1-4H3,(H,29,36)(H,32,35)(H,33,37)(H2,30,31,38)/t17-,18-,19-,22-/m0/s1. The fraction of sp³-hybridized carbons (Fsp3) is 0.593. The van der Waals surface area contributed by atoms with Gasteiger partial charge in [0.05, 0.1) is 23.2 Å². The molecule has 1 aromatic heterocycles. The monoisotopic (exact) mass is 636 g/mol. The van der Waals surface area contributed by atoms with Crippen LogP contribution in [0, 0.1) is 0 Å². The van der Waals surface area contributed by atoms with Crippen molar-refractivity contribution < 1.29 is 24.4 Å². The van der Waals surface area contributed by atoms with Gasteiger partial charge >= 0.3 is 6.03 Å². The maximum atomic E-state index is 13.3. The summed E-state index contributed by atoms with van der Waals surface area (Å²) in [6, 6.07) is 4.70. The maximum Gasteiger partial charge on any atom is 0.315 e. The molecule has 5 N–H and O–H groups in total. The second kappa shape index (κ2) is 13.9. The highest BCUT2D eigenvalue weighted by atomic mass is 33.1. The number of fused-ring (bicyclic) bond motifs is 1. The number of amides is 5. The lowest BCUT2D eigenvalue weighted by Crippen LogP contribution is -2.55. The van der Waals surface area contributed by atoms with Crippen LogP contribution in [0.15, 0.2) is 41.1 Å². The molecule has 1 aromatic rings. The van der Waals surface area contributed by atoms with Gasteiger partial charge in [-0.1, -0.05) is 29.4 Å². The molecule has 0 saturated carbocycles. The van der Waals surface area contributed by atoms with E-state index in [1.807, 2.05) is 23.9 Å². The second-order valence-electron chi connectivity index (χ2n) is 11.5. The molecule has 0 aromatic carbocycles. The summed E-state index contributed by atoms with van der Waals surface area (Å²) in [6.45, 7) is 6.81. The Hall–Kier alpha value is -2.46. The first-order valence-corrected chi connectivity index (χ1v) is 17.2. The third-order valence-electron chi connectivity index (χ3n) is 7.48. The number of unbranched alkanes of at least 4 members (excludes halogenated alkanes) is 1. The van der Waals surface area contributed by atoms with Crippen molar-refractivity contribution in [1.82, 2.24) is 36.8 Å². The quantitative estimate of drug-likeness (QED) is 0.100. The molecule has 0 bridgehead atoms. The van der Waals surface area contributed by atoms with Gasteiger partial charge in [0.25, 0.3) is 5.91 Å². The molecular formula is C27H38N7O5S3. The average Bonchev–Trinajstić information content (AvgIpc) is 3.55. The number of carbonyl (C=O) groups excluding carboxylic acids is 4. The van der Waals surface area contributed by atoms with Crippen LogP contribution in [0.1, 0.15) is 53.4 Å². The van der Waals surface area contributed by atoms with Crippen LogP contribution in [0.3, 0.4) is 0 Å². The van der Waals surface area contributed by atoms with Gasteiger partial charge in [-0.15, -0.1) is 10.3 Å². The van der Waals surface area contributed by atoms with Crippen molar-refractivity contribution in [3.63, 3.8) is 0 Å². The van der Waals surface area contributed by atoms with E-state index in [0.717, 1.165) is 28.7 Å². The van der Waals surface area contributed by atoms with Gasteiger partial charge in [-0.2, -0.15) is 11.8 Å². The van der Waals surface area contributed by atoms with Crippen LogP contribution in [0.25, 0.3) is 0 Å². The lowest BCUT2D eigenvalue weighted by atomic mass is 9.95. The van der Waals surface area contributed by atoms with E-state index in [1.165, 1.54) is 21.6 Å². The van der Waals surface area contributed by atoms with Crippen molar-refractivity contribution in [3.8, 4) is 0 Å². The Labute approximate surface area is 258 Å². The topological polar surface area (TPSA) is 164 Å². The summed E-state index contributed by atoms with van der Waals surface area (Å²) < 4.78 is 0. The molecule has 3 aliphatic heterocycles. The van der Waals surface area contributed by atoms with Crippen LogP contribution in [0.4, 0.5) is 4.79 Å². The number of nitrogens with zero attached hydrogens (tertiary/aromatic N) is 2. The van der Waals surface area contributed by atoms with Gasteiger partial charge in [-0.25, -0.2) is 9.78 Å². The molecule has 0 spiro atoms. The molecule has 42 heavy (non-hydrogen) atoms. The molecule has 2 saturated heterocycles. The van der Waals surface area contributed by atoms with Crippen LogP contribution < -0.4 is 26.8 Å². The molecule has 0 aliphatic carbocycles. The zero-order valence-electron chi connectivity index (χ0n) is 24.1. The maximum absolute atomic E-state index is 13.3. The largest absolute Gasteiger partial charge is 0.340 e. The summed E-state index contributed by atoms with van der Waals surface area (Å²) in [5, 5.41) is 23.4. The number of carbonyl (C=O) groups is 4. The Balaban J connectivity index is 1.27. The third-order valence-corrected chi connectivity index (χ3v) is 11.3. The zero-order chi connectivity index (χ0) is 30.5. The Morgan fingerprint density at radius 2 is 1.95 bits per heavy atom. The molecule has 4 rings (SSSR count). The molecule has 2 fully saturated rings. The Bertz CT molecular complexity index is 1200. The zero-order valence-corrected chi connectivity index (χ0v) is 26.5. The third kappa shape index (κ3) is 7.92. The van der Waals surface area contributed by atoms with Crippen LogP contribution in [-0.2, 0) is 19.6 Å². The van der Waals surface area contributed by atoms with E-state index >= 15 is 0 Å². The molecule has 1 radical (unpaired) electrons. The van der Waals surface area contributed by atoms with Crippen molar-refractivity contribution >= 4 is 57.1 Å². The van der Waals surface area contributed by atoms with Gasteiger partial charge in [0.2, 0.25) is 11.8 Å². The van der Waals surface area contributed by atoms with Gasteiger partial charge in [0, 0.05) is 34.9 Å². The van der Waals surface area contributed by atoms with E-state index in [2.05, 4.69) is 31.8 Å². The minimum atomic E-state index is -1.07. The van der Waals surface area contributed by atoms with E-state index in [9.17, 15) is 24.4 Å². The first kappa shape index (κ1) is 32.5. The molecule has 12 nitrogen and oxygen atoms in total. The summed E-state index contributed by atoms with van der Waals surface area (Å²) in [6.07, 6.45) is 5.87. The molecule has 4 atom stereocenters. The summed E-state index contributed by atoms with van der Waals surface area (Å²) in [7, 11) is 2.70. The highest BCUT2D eigenvalue weighted by Gasteiger charge is 2.49. The summed E-state index contributed by atoms with van der Waals surface area (Å²) in [5.41, 5.74) is 3.25. The van der Waals surface area contributed by atoms with Crippen LogP contribution >= 0.6 is 33.3 Å².